The van der Waals surface area contributed by atoms with E-state index >= 15 is 0 Å². The highest BCUT2D eigenvalue weighted by atomic mass is 35.5. The van der Waals surface area contributed by atoms with E-state index < -0.39 is 63.7 Å². The molecule has 16 heterocycles. The summed E-state index contributed by atoms with van der Waals surface area (Å²) in [4.78, 5) is 46.8. The van der Waals surface area contributed by atoms with E-state index in [4.69, 9.17) is 104 Å². The molecule has 0 aliphatic carbocycles. The molecular formula is C86H50B11Cl4N15O8. The molecular weight excluding hydrogens is 1630 g/mol. The number of aromatic nitrogens is 10. The molecule has 16 aromatic rings. The summed E-state index contributed by atoms with van der Waals surface area (Å²) in [5, 5.41) is 30.5. The van der Waals surface area contributed by atoms with Crippen LogP contribution in [0.5, 0.6) is 0 Å². The summed E-state index contributed by atoms with van der Waals surface area (Å²) < 4.78 is 47.3. The van der Waals surface area contributed by atoms with Crippen LogP contribution in [0.4, 0.5) is 28.4 Å². The molecule has 23 nitrogen and oxygen atoms in total. The molecule has 4 N–H and O–H groups in total. The Hall–Kier alpha value is -12.6. The molecule has 0 amide bonds. The molecule has 0 atom stereocenters. The lowest BCUT2D eigenvalue weighted by atomic mass is 9.47. The number of nitrogens with zero attached hydrogens (tertiary/aromatic N) is 13. The van der Waals surface area contributed by atoms with Crippen LogP contribution < -0.4 is 84.7 Å². The first-order chi connectivity index (χ1) is 61.1. The van der Waals surface area contributed by atoms with Crippen molar-refractivity contribution in [1.82, 2.24) is 49.8 Å². The van der Waals surface area contributed by atoms with Crippen molar-refractivity contribution in [2.24, 2.45) is 0 Å². The fraction of sp³-hybridized carbons (Fsp3) is 0. The predicted molar refractivity (Wildman–Crippen MR) is 496 cm³/mol. The van der Waals surface area contributed by atoms with Crippen molar-refractivity contribution in [2.45, 2.75) is 0 Å². The normalized spacial score (nSPS) is 15.0. The van der Waals surface area contributed by atoms with Crippen LogP contribution in [0.2, 0.25) is 20.1 Å². The molecule has 0 bridgehead atoms. The van der Waals surface area contributed by atoms with Crippen LogP contribution in [0.3, 0.4) is 0 Å². The minimum atomic E-state index is -1.10. The number of hydrogen-bond acceptors (Lipinski definition) is 23. The van der Waals surface area contributed by atoms with Gasteiger partial charge in [0.05, 0.1) is 85.4 Å². The average Bonchev–Trinajstić information content (AvgIpc) is 0.703. The Morgan fingerprint density at radius 1 is 0.234 bits per heavy atom. The monoisotopic (exact) mass is 1680 g/mol. The van der Waals surface area contributed by atoms with E-state index in [1.807, 2.05) is 181 Å². The number of halogens is 4. The first-order valence-electron chi connectivity index (χ1n) is 40.2. The van der Waals surface area contributed by atoms with Crippen molar-refractivity contribution in [3.8, 4) is 113 Å². The summed E-state index contributed by atoms with van der Waals surface area (Å²) in [6, 6.07) is 81.3. The van der Waals surface area contributed by atoms with E-state index in [1.54, 1.807) is 37.4 Å². The summed E-state index contributed by atoms with van der Waals surface area (Å²) in [6.45, 7) is 0. The van der Waals surface area contributed by atoms with Gasteiger partial charge in [-0.05, 0) is 62.5 Å². The van der Waals surface area contributed by atoms with Gasteiger partial charge in [-0.2, -0.15) is 0 Å². The number of nitrogens with one attached hydrogen (secondary N) is 2. The third-order valence-corrected chi connectivity index (χ3v) is 26.1. The zero-order valence-corrected chi connectivity index (χ0v) is 67.6. The highest BCUT2D eigenvalue weighted by molar-refractivity contribution is 7.03. The molecule has 0 spiro atoms. The SMILES string of the molecule is OB1Nc2c(ncnc2-c2cccc(Cl)c2B2OB3c4c(Cl)cccc4-c4ncnc5c4N3B(O2)c2c(Cl)cccc2-5)-c2cccc(Cl)c21.OB1Nc2c(ncnc2-c2ccccc2B2OB3c4ccccc4-c4ncnc5c4N3B(O2)c2ccccc2-5)-c2ccccc21.c1ccc(B2OB3c4ccccc4-c4ncnc5c4N3B(O2)c2ccccc2-5)cc1. The van der Waals surface area contributed by atoms with Crippen LogP contribution in [0.25, 0.3) is 113 Å². The summed E-state index contributed by atoms with van der Waals surface area (Å²) in [5.41, 5.74) is 29.6. The van der Waals surface area contributed by atoms with E-state index in [9.17, 15) is 10.0 Å². The van der Waals surface area contributed by atoms with Gasteiger partial charge in [0, 0.05) is 97.6 Å². The van der Waals surface area contributed by atoms with Crippen molar-refractivity contribution >= 4 is 213 Å². The highest BCUT2D eigenvalue weighted by Gasteiger charge is 2.60. The van der Waals surface area contributed by atoms with Crippen LogP contribution >= 0.6 is 46.4 Å². The minimum absolute atomic E-state index is 0.282. The quantitative estimate of drug-likeness (QED) is 0.121. The van der Waals surface area contributed by atoms with Crippen LogP contribution in [0.15, 0.2) is 280 Å². The van der Waals surface area contributed by atoms with Crippen molar-refractivity contribution in [3.05, 3.63) is 300 Å². The lowest BCUT2D eigenvalue weighted by Gasteiger charge is -2.49. The van der Waals surface area contributed by atoms with E-state index in [0.29, 0.717) is 70.6 Å². The van der Waals surface area contributed by atoms with E-state index in [-0.39, 0.29) is 14.1 Å². The fourth-order valence-corrected chi connectivity index (χ4v) is 20.6. The molecule has 3 fully saturated rings. The number of rotatable bonds is 5. The Bertz CT molecular complexity index is 7020. The van der Waals surface area contributed by atoms with Gasteiger partial charge < -0.3 is 62.1 Å². The molecule has 578 valence electrons. The third-order valence-electron chi connectivity index (χ3n) is 24.7. The van der Waals surface area contributed by atoms with E-state index in [2.05, 4.69) is 100 Å². The Labute approximate surface area is 732 Å². The van der Waals surface area contributed by atoms with Crippen molar-refractivity contribution in [2.75, 3.05) is 24.6 Å². The Balaban J connectivity index is 0.000000105. The molecule has 0 radical (unpaired) electrons. The number of hydrogen-bond donors (Lipinski definition) is 4. The zero-order chi connectivity index (χ0) is 82.4. The van der Waals surface area contributed by atoms with Crippen molar-refractivity contribution in [1.29, 1.82) is 0 Å². The fourth-order valence-electron chi connectivity index (χ4n) is 19.5. The summed E-state index contributed by atoms with van der Waals surface area (Å²) in [6.07, 6.45) is 7.88. The summed E-state index contributed by atoms with van der Waals surface area (Å²) in [5.74, 6) is 0. The maximum atomic E-state index is 11.2. The maximum absolute atomic E-state index is 11.2. The molecule has 11 aromatic carbocycles. The van der Waals surface area contributed by atoms with Gasteiger partial charge in [-0.15, -0.1) is 0 Å². The number of anilines is 5. The third kappa shape index (κ3) is 11.2. The number of benzene rings is 11. The Morgan fingerprint density at radius 3 is 0.911 bits per heavy atom. The molecule has 27 rings (SSSR count). The lowest BCUT2D eigenvalue weighted by molar-refractivity contribution is 0.436. The van der Waals surface area contributed by atoms with Gasteiger partial charge in [-0.1, -0.05) is 271 Å². The molecule has 11 aliphatic rings. The second-order valence-electron chi connectivity index (χ2n) is 31.1. The van der Waals surface area contributed by atoms with Crippen LogP contribution in [0, 0.1) is 0 Å². The van der Waals surface area contributed by atoms with Gasteiger partial charge in [0.2, 0.25) is 0 Å². The second kappa shape index (κ2) is 29.0. The minimum Gasteiger partial charge on any atom is -0.450 e. The smallest absolute Gasteiger partial charge is 0.450 e. The molecule has 5 aromatic heterocycles. The van der Waals surface area contributed by atoms with Gasteiger partial charge in [0.1, 0.15) is 31.6 Å². The van der Waals surface area contributed by atoms with Crippen LogP contribution in [0.1, 0.15) is 0 Å². The van der Waals surface area contributed by atoms with Crippen LogP contribution in [-0.2, 0) is 27.4 Å². The molecule has 0 unspecified atom stereocenters. The van der Waals surface area contributed by atoms with Crippen molar-refractivity contribution in [3.63, 3.8) is 0 Å². The van der Waals surface area contributed by atoms with Crippen molar-refractivity contribution < 1.29 is 37.5 Å². The van der Waals surface area contributed by atoms with Gasteiger partial charge >= 0.3 is 77.8 Å². The lowest BCUT2D eigenvalue weighted by Crippen LogP contribution is -2.74. The van der Waals surface area contributed by atoms with Gasteiger partial charge in [-0.25, -0.2) is 49.8 Å². The first kappa shape index (κ1) is 74.0. The summed E-state index contributed by atoms with van der Waals surface area (Å²) in [7, 11) is -7.15. The predicted octanol–water partition coefficient (Wildman–Crippen LogP) is 7.52. The second-order valence-corrected chi connectivity index (χ2v) is 32.8. The topological polar surface area (TPSA) is 259 Å². The van der Waals surface area contributed by atoms with Gasteiger partial charge in [-0.3, -0.25) is 0 Å². The molecule has 11 aliphatic heterocycles. The summed E-state index contributed by atoms with van der Waals surface area (Å²) >= 11 is 27.5. The molecule has 3 saturated heterocycles. The Morgan fingerprint density at radius 2 is 0.500 bits per heavy atom. The maximum Gasteiger partial charge on any atom is 0.468 e. The Kier molecular flexibility index (Phi) is 17.3. The highest BCUT2D eigenvalue weighted by Crippen LogP contribution is 2.50. The van der Waals surface area contributed by atoms with Gasteiger partial charge in [0.25, 0.3) is 0 Å². The molecule has 0 saturated carbocycles. The van der Waals surface area contributed by atoms with Gasteiger partial charge in [0.15, 0.2) is 0 Å². The number of fused-ring (bicyclic) bond motifs is 24. The van der Waals surface area contributed by atoms with E-state index in [1.165, 1.54) is 6.33 Å². The molecule has 124 heavy (non-hydrogen) atoms. The zero-order valence-electron chi connectivity index (χ0n) is 64.6. The molecule has 38 heteroatoms. The largest absolute Gasteiger partial charge is 0.468 e. The van der Waals surface area contributed by atoms with Crippen LogP contribution in [-0.4, -0.2) is 138 Å². The average molecular weight is 1680 g/mol. The first-order valence-corrected chi connectivity index (χ1v) is 41.8. The van der Waals surface area contributed by atoms with E-state index in [0.717, 1.165) is 151 Å². The standard InChI is InChI=1S/C32H16B4Cl4N6O3.C32H20B4N6O3.C22H14B3N3O2/c37-19-9-1-5-15-23(19)33(47)45-31-27(15)41-13-42-28(31)18-8-4-12-22(40)26(18)36-48-34-24-16(6-2-10-20(24)38)29-32-30(44-14-43-29)17-7-3-11-21(39)25(17)35(49-36)46(32)34;43-33-23-13-5-1-9-19(23)27-31(41-33)28(38-17-37-27)22-12-4-8-16-26(22)36-44-34-24-14-6-2-10-20(24)29-32-30(40-18-39-29)21-11-3-7-15-25(21)35(45-36)42(32)34;1-2-8-15(9-3-1)25-29-23-18-12-6-4-10-16(18)20-22-21(27-14-26-20)17-11-5-7-13-19(17)24(30-25)28(22)23/h1-14,45,47H;1-18,41,43H;1-14H.